The Morgan fingerprint density at radius 3 is 2.61 bits per heavy atom. The van der Waals surface area contributed by atoms with E-state index in [4.69, 9.17) is 4.84 Å². The summed E-state index contributed by atoms with van der Waals surface area (Å²) in [4.78, 5) is 41.8. The predicted molar refractivity (Wildman–Crippen MR) is 77.1 cm³/mol. The van der Waals surface area contributed by atoms with Crippen LogP contribution < -0.4 is 0 Å². The number of rotatable bonds is 2. The van der Waals surface area contributed by atoms with Crippen LogP contribution in [0.3, 0.4) is 0 Å². The number of hydrogen-bond acceptors (Lipinski definition) is 5. The number of aryl methyl sites for hydroxylation is 1. The van der Waals surface area contributed by atoms with Gasteiger partial charge in [0, 0.05) is 5.69 Å². The second-order valence-corrected chi connectivity index (χ2v) is 5.67. The molecule has 1 aromatic heterocycles. The lowest BCUT2D eigenvalue weighted by Gasteiger charge is -2.21. The lowest BCUT2D eigenvalue weighted by Crippen LogP contribution is -2.36. The van der Waals surface area contributed by atoms with Crippen LogP contribution in [0.25, 0.3) is 0 Å². The molecule has 116 valence electrons. The highest BCUT2D eigenvalue weighted by molar-refractivity contribution is 6.20. The summed E-state index contributed by atoms with van der Waals surface area (Å²) in [6.45, 7) is 0. The molecule has 0 fully saturated rings. The number of nitrogens with one attached hydrogen (secondary N) is 1. The van der Waals surface area contributed by atoms with Crippen molar-refractivity contribution in [3.8, 4) is 0 Å². The van der Waals surface area contributed by atoms with E-state index < -0.39 is 17.8 Å². The van der Waals surface area contributed by atoms with Crippen molar-refractivity contribution >= 4 is 17.8 Å². The van der Waals surface area contributed by atoms with Crippen molar-refractivity contribution in [1.82, 2.24) is 15.3 Å². The van der Waals surface area contributed by atoms with E-state index in [1.165, 1.54) is 0 Å². The van der Waals surface area contributed by atoms with Gasteiger partial charge in [0.1, 0.15) is 0 Å². The summed E-state index contributed by atoms with van der Waals surface area (Å²) >= 11 is 0. The number of H-pyrrole nitrogens is 1. The number of nitrogens with zero attached hydrogens (tertiary/aromatic N) is 2. The van der Waals surface area contributed by atoms with E-state index in [1.807, 2.05) is 0 Å². The molecule has 7 nitrogen and oxygen atoms in total. The fraction of sp³-hybridized carbons (Fsp3) is 0.250. The summed E-state index contributed by atoms with van der Waals surface area (Å²) in [5.41, 5.74) is 2.51. The van der Waals surface area contributed by atoms with Crippen molar-refractivity contribution in [1.29, 1.82) is 0 Å². The lowest BCUT2D eigenvalue weighted by atomic mass is 9.88. The van der Waals surface area contributed by atoms with Crippen molar-refractivity contribution < 1.29 is 19.2 Å². The van der Waals surface area contributed by atoms with E-state index in [1.54, 1.807) is 30.5 Å². The Balaban J connectivity index is 1.50. The Labute approximate surface area is 131 Å². The standard InChI is InChI=1S/C16H13N3O4/c20-14-11-3-1-2-4-12(11)15(21)19(14)23-16(22)9-5-6-13-10(7-9)8-17-18-13/h1-4,8-9H,5-7H2,(H,17,18). The highest BCUT2D eigenvalue weighted by Gasteiger charge is 2.40. The summed E-state index contributed by atoms with van der Waals surface area (Å²) in [5.74, 6) is -2.15. The number of aromatic nitrogens is 2. The molecule has 1 N–H and O–H groups in total. The number of benzene rings is 1. The van der Waals surface area contributed by atoms with E-state index in [9.17, 15) is 14.4 Å². The fourth-order valence-electron chi connectivity index (χ4n) is 3.03. The van der Waals surface area contributed by atoms with Crippen LogP contribution in [0.4, 0.5) is 0 Å². The van der Waals surface area contributed by atoms with Crippen LogP contribution >= 0.6 is 0 Å². The zero-order valence-corrected chi connectivity index (χ0v) is 12.1. The third kappa shape index (κ3) is 2.12. The maximum absolute atomic E-state index is 12.3. The summed E-state index contributed by atoms with van der Waals surface area (Å²) in [5, 5.41) is 7.42. The number of aromatic amines is 1. The Bertz CT molecular complexity index is 791. The van der Waals surface area contributed by atoms with Crippen molar-refractivity contribution in [3.63, 3.8) is 0 Å². The molecular formula is C16H13N3O4. The van der Waals surface area contributed by atoms with Gasteiger partial charge in [-0.1, -0.05) is 17.2 Å². The fourth-order valence-corrected chi connectivity index (χ4v) is 3.03. The second-order valence-electron chi connectivity index (χ2n) is 5.67. The number of carbonyl (C=O) groups is 3. The molecule has 0 radical (unpaired) electrons. The molecule has 2 aliphatic rings. The van der Waals surface area contributed by atoms with E-state index in [2.05, 4.69) is 10.2 Å². The van der Waals surface area contributed by atoms with Crippen LogP contribution in [0.15, 0.2) is 30.5 Å². The molecule has 2 aromatic rings. The maximum Gasteiger partial charge on any atom is 0.336 e. The number of amides is 2. The molecule has 1 aliphatic heterocycles. The molecule has 7 heteroatoms. The van der Waals surface area contributed by atoms with Gasteiger partial charge in [0.2, 0.25) is 0 Å². The Morgan fingerprint density at radius 2 is 1.91 bits per heavy atom. The van der Waals surface area contributed by atoms with Crippen molar-refractivity contribution in [2.24, 2.45) is 5.92 Å². The number of fused-ring (bicyclic) bond motifs is 2. The SMILES string of the molecule is O=C(ON1C(=O)c2ccccc2C1=O)C1CCc2[nH]ncc2C1. The third-order valence-corrected chi connectivity index (χ3v) is 4.29. The first kappa shape index (κ1) is 13.7. The van der Waals surface area contributed by atoms with E-state index >= 15 is 0 Å². The summed E-state index contributed by atoms with van der Waals surface area (Å²) < 4.78 is 0. The maximum atomic E-state index is 12.3. The topological polar surface area (TPSA) is 92.4 Å². The first-order valence-electron chi connectivity index (χ1n) is 7.36. The predicted octanol–water partition coefficient (Wildman–Crippen LogP) is 1.27. The average molecular weight is 311 g/mol. The molecule has 0 saturated heterocycles. The Kier molecular flexibility index (Phi) is 3.00. The molecule has 1 aliphatic carbocycles. The first-order valence-corrected chi connectivity index (χ1v) is 7.36. The van der Waals surface area contributed by atoms with E-state index in [0.717, 1.165) is 11.3 Å². The van der Waals surface area contributed by atoms with Crippen LogP contribution in [0, 0.1) is 5.92 Å². The molecular weight excluding hydrogens is 298 g/mol. The van der Waals surface area contributed by atoms with Crippen LogP contribution in [-0.2, 0) is 22.5 Å². The molecule has 2 heterocycles. The Hall–Kier alpha value is -2.96. The summed E-state index contributed by atoms with van der Waals surface area (Å²) in [6.07, 6.45) is 3.47. The van der Waals surface area contributed by atoms with Gasteiger partial charge in [-0.15, -0.1) is 0 Å². The molecule has 0 spiro atoms. The zero-order chi connectivity index (χ0) is 16.0. The molecule has 2 amide bonds. The molecule has 1 aromatic carbocycles. The van der Waals surface area contributed by atoms with Crippen molar-refractivity contribution in [2.75, 3.05) is 0 Å². The molecule has 4 rings (SSSR count). The minimum atomic E-state index is -0.598. The quantitative estimate of drug-likeness (QED) is 0.843. The van der Waals surface area contributed by atoms with Crippen molar-refractivity contribution in [3.05, 3.63) is 52.8 Å². The van der Waals surface area contributed by atoms with Crippen LogP contribution in [0.5, 0.6) is 0 Å². The molecule has 1 atom stereocenters. The lowest BCUT2D eigenvalue weighted by molar-refractivity contribution is -0.174. The molecule has 0 bridgehead atoms. The number of imide groups is 1. The van der Waals surface area contributed by atoms with Crippen LogP contribution in [0.1, 0.15) is 38.4 Å². The van der Waals surface area contributed by atoms with Gasteiger partial charge in [0.05, 0.1) is 23.2 Å². The van der Waals surface area contributed by atoms with E-state index in [-0.39, 0.29) is 17.0 Å². The normalized spacial score (nSPS) is 19.5. The number of carbonyl (C=O) groups excluding carboxylic acids is 3. The van der Waals surface area contributed by atoms with Gasteiger partial charge in [-0.05, 0) is 37.0 Å². The van der Waals surface area contributed by atoms with Crippen LogP contribution in [-0.4, -0.2) is 33.0 Å². The minimum Gasteiger partial charge on any atom is -0.329 e. The molecule has 1 unspecified atom stereocenters. The van der Waals surface area contributed by atoms with Crippen LogP contribution in [0.2, 0.25) is 0 Å². The number of hydroxylamine groups is 2. The van der Waals surface area contributed by atoms with E-state index in [0.29, 0.717) is 24.3 Å². The molecule has 23 heavy (non-hydrogen) atoms. The third-order valence-electron chi connectivity index (χ3n) is 4.29. The highest BCUT2D eigenvalue weighted by Crippen LogP contribution is 2.27. The highest BCUT2D eigenvalue weighted by atomic mass is 16.7. The van der Waals surface area contributed by atoms with Gasteiger partial charge in [0.15, 0.2) is 0 Å². The summed E-state index contributed by atoms with van der Waals surface area (Å²) in [6, 6.07) is 6.41. The van der Waals surface area contributed by atoms with Gasteiger partial charge >= 0.3 is 5.97 Å². The summed E-state index contributed by atoms with van der Waals surface area (Å²) in [7, 11) is 0. The largest absolute Gasteiger partial charge is 0.336 e. The van der Waals surface area contributed by atoms with Crippen molar-refractivity contribution in [2.45, 2.75) is 19.3 Å². The van der Waals surface area contributed by atoms with Gasteiger partial charge in [-0.25, -0.2) is 4.79 Å². The minimum absolute atomic E-state index is 0.256. The first-order chi connectivity index (χ1) is 11.1. The molecule has 0 saturated carbocycles. The second kappa shape index (κ2) is 5.05. The smallest absolute Gasteiger partial charge is 0.329 e. The number of hydrogen-bond donors (Lipinski definition) is 1. The van der Waals surface area contributed by atoms with Gasteiger partial charge < -0.3 is 4.84 Å². The monoisotopic (exact) mass is 311 g/mol. The zero-order valence-electron chi connectivity index (χ0n) is 12.1. The Morgan fingerprint density at radius 1 is 1.22 bits per heavy atom. The van der Waals surface area contributed by atoms with Gasteiger partial charge in [-0.3, -0.25) is 14.7 Å². The van der Waals surface area contributed by atoms with Gasteiger partial charge in [0.25, 0.3) is 11.8 Å². The average Bonchev–Trinajstić information content (AvgIpc) is 3.13. The van der Waals surface area contributed by atoms with Gasteiger partial charge in [-0.2, -0.15) is 5.10 Å².